The van der Waals surface area contributed by atoms with Gasteiger partial charge in [-0.05, 0) is 37.1 Å². The van der Waals surface area contributed by atoms with Gasteiger partial charge >= 0.3 is 0 Å². The number of fused-ring (bicyclic) bond motifs is 2. The zero-order chi connectivity index (χ0) is 22.5. The van der Waals surface area contributed by atoms with E-state index >= 15 is 0 Å². The number of aromatic nitrogens is 2. The van der Waals surface area contributed by atoms with Crippen molar-refractivity contribution in [2.45, 2.75) is 37.8 Å². The first-order valence-electron chi connectivity index (χ1n) is 10.6. The van der Waals surface area contributed by atoms with Crippen molar-refractivity contribution in [2.24, 2.45) is 10.7 Å². The van der Waals surface area contributed by atoms with Crippen molar-refractivity contribution in [1.29, 1.82) is 0 Å². The Balaban J connectivity index is 1.63. The second-order valence-corrected chi connectivity index (χ2v) is 8.92. The number of carbonyl (C=O) groups excluding carboxylic acids is 1. The number of ether oxygens (including phenoxy) is 1. The predicted molar refractivity (Wildman–Crippen MR) is 122 cm³/mol. The van der Waals surface area contributed by atoms with E-state index in [0.717, 1.165) is 22.3 Å². The van der Waals surface area contributed by atoms with Gasteiger partial charge in [-0.2, -0.15) is 0 Å². The molecule has 5 rings (SSSR count). The highest BCUT2D eigenvalue weighted by Crippen LogP contribution is 2.50. The summed E-state index contributed by atoms with van der Waals surface area (Å²) in [5, 5.41) is 0. The van der Waals surface area contributed by atoms with E-state index < -0.39 is 11.1 Å². The maximum atomic E-state index is 13.5. The Morgan fingerprint density at radius 2 is 1.81 bits per heavy atom. The molecule has 2 N–H and O–H groups in total. The van der Waals surface area contributed by atoms with Crippen LogP contribution in [0.25, 0.3) is 11.1 Å². The summed E-state index contributed by atoms with van der Waals surface area (Å²) >= 11 is 0. The number of benzene rings is 2. The summed E-state index contributed by atoms with van der Waals surface area (Å²) in [7, 11) is 1.66. The van der Waals surface area contributed by atoms with Gasteiger partial charge in [0.25, 0.3) is 5.91 Å². The molecule has 0 saturated heterocycles. The quantitative estimate of drug-likeness (QED) is 0.693. The highest BCUT2D eigenvalue weighted by Gasteiger charge is 2.56. The van der Waals surface area contributed by atoms with Crippen LogP contribution in [0, 0.1) is 6.92 Å². The number of likely N-dealkylation sites (N-methyl/N-ethyl adjacent to an activating group) is 1. The van der Waals surface area contributed by atoms with Gasteiger partial charge in [0.05, 0.1) is 0 Å². The van der Waals surface area contributed by atoms with Crippen LogP contribution in [0.1, 0.15) is 30.0 Å². The van der Waals surface area contributed by atoms with Crippen LogP contribution in [0.4, 0.5) is 0 Å². The number of nitrogens with zero attached hydrogens (tertiary/aromatic N) is 4. The Morgan fingerprint density at radius 3 is 2.47 bits per heavy atom. The first-order chi connectivity index (χ1) is 15.3. The summed E-state index contributed by atoms with van der Waals surface area (Å²) in [4.78, 5) is 27.9. The molecule has 1 spiro atoms. The third kappa shape index (κ3) is 3.21. The van der Waals surface area contributed by atoms with Crippen LogP contribution < -0.4 is 10.5 Å². The van der Waals surface area contributed by atoms with E-state index in [9.17, 15) is 4.79 Å². The van der Waals surface area contributed by atoms with Crippen molar-refractivity contribution in [3.63, 3.8) is 0 Å². The molecule has 7 nitrogen and oxygen atoms in total. The third-order valence-corrected chi connectivity index (χ3v) is 6.31. The molecule has 0 fully saturated rings. The van der Waals surface area contributed by atoms with Crippen molar-refractivity contribution in [3.05, 3.63) is 77.9 Å². The number of nitrogens with two attached hydrogens (primary N) is 1. The van der Waals surface area contributed by atoms with Crippen molar-refractivity contribution in [3.8, 4) is 16.9 Å². The highest BCUT2D eigenvalue weighted by molar-refractivity contribution is 6.07. The van der Waals surface area contributed by atoms with Gasteiger partial charge < -0.3 is 10.5 Å². The first-order valence-corrected chi connectivity index (χ1v) is 10.6. The number of aryl methyl sites for hydroxylation is 1. The van der Waals surface area contributed by atoms with Gasteiger partial charge in [0.1, 0.15) is 17.7 Å². The second kappa shape index (κ2) is 7.15. The summed E-state index contributed by atoms with van der Waals surface area (Å²) in [6.07, 6.45) is 6.01. The number of amides is 1. The molecule has 3 heterocycles. The number of rotatable bonds is 3. The lowest BCUT2D eigenvalue weighted by atomic mass is 9.74. The van der Waals surface area contributed by atoms with Crippen molar-refractivity contribution in [2.75, 3.05) is 7.05 Å². The zero-order valence-electron chi connectivity index (χ0n) is 18.4. The van der Waals surface area contributed by atoms with E-state index in [1.807, 2.05) is 25.1 Å². The van der Waals surface area contributed by atoms with Gasteiger partial charge in [0, 0.05) is 43.4 Å². The van der Waals surface area contributed by atoms with Gasteiger partial charge in [0.2, 0.25) is 0 Å². The standard InChI is InChI=1S/C25H25N5O2/c1-16-4-6-17(7-5-16)11-24(2)14-25(22(31)30(3)23(26)29-25)20-10-18(8-9-21(20)32-24)19-12-27-15-28-13-19/h4-10,12-13,15H,11,14H2,1-3H3,(H2,26,29)/t24-,25?/m1/s1. The summed E-state index contributed by atoms with van der Waals surface area (Å²) < 4.78 is 6.54. The molecule has 2 aliphatic heterocycles. The number of hydrogen-bond donors (Lipinski definition) is 1. The topological polar surface area (TPSA) is 93.7 Å². The predicted octanol–water partition coefficient (Wildman–Crippen LogP) is 3.22. The largest absolute Gasteiger partial charge is 0.487 e. The zero-order valence-corrected chi connectivity index (χ0v) is 18.4. The molecule has 1 unspecified atom stereocenters. The molecular formula is C25H25N5O2. The van der Waals surface area contributed by atoms with E-state index in [2.05, 4.69) is 41.2 Å². The molecule has 7 heteroatoms. The minimum absolute atomic E-state index is 0.142. The van der Waals surface area contributed by atoms with Crippen molar-refractivity contribution >= 4 is 11.9 Å². The van der Waals surface area contributed by atoms with Gasteiger partial charge in [-0.1, -0.05) is 35.9 Å². The molecule has 162 valence electrons. The molecule has 0 aliphatic carbocycles. The van der Waals surface area contributed by atoms with Gasteiger partial charge in [0.15, 0.2) is 11.5 Å². The Hall–Kier alpha value is -3.74. The Labute approximate surface area is 187 Å². The van der Waals surface area contributed by atoms with Crippen LogP contribution in [0.3, 0.4) is 0 Å². The minimum Gasteiger partial charge on any atom is -0.487 e. The van der Waals surface area contributed by atoms with Crippen LogP contribution in [0.15, 0.2) is 66.2 Å². The Bertz CT molecular complexity index is 1220. The van der Waals surface area contributed by atoms with Crippen LogP contribution in [-0.4, -0.2) is 39.4 Å². The van der Waals surface area contributed by atoms with Crippen LogP contribution in [0.2, 0.25) is 0 Å². The summed E-state index contributed by atoms with van der Waals surface area (Å²) in [6.45, 7) is 4.10. The molecule has 32 heavy (non-hydrogen) atoms. The van der Waals surface area contributed by atoms with Gasteiger partial charge in [-0.15, -0.1) is 0 Å². The van der Waals surface area contributed by atoms with E-state index in [1.54, 1.807) is 19.4 Å². The molecular weight excluding hydrogens is 402 g/mol. The fourth-order valence-electron chi connectivity index (χ4n) is 4.73. The normalized spacial score (nSPS) is 24.3. The van der Waals surface area contributed by atoms with E-state index in [0.29, 0.717) is 18.6 Å². The fraction of sp³-hybridized carbons (Fsp3) is 0.280. The Kier molecular flexibility index (Phi) is 4.51. The summed E-state index contributed by atoms with van der Waals surface area (Å²) in [6, 6.07) is 14.2. The number of hydrogen-bond acceptors (Lipinski definition) is 6. The third-order valence-electron chi connectivity index (χ3n) is 6.31. The van der Waals surface area contributed by atoms with Gasteiger partial charge in [-0.3, -0.25) is 9.69 Å². The number of carbonyl (C=O) groups is 1. The molecule has 0 bridgehead atoms. The van der Waals surface area contributed by atoms with Crippen molar-refractivity contribution in [1.82, 2.24) is 14.9 Å². The molecule has 2 aliphatic rings. The van der Waals surface area contributed by atoms with E-state index in [-0.39, 0.29) is 11.9 Å². The SMILES string of the molecule is Cc1ccc(C[C@]2(C)CC3(N=C(N)N(C)C3=O)c3cc(-c4cncnc4)ccc3O2)cc1. The lowest BCUT2D eigenvalue weighted by molar-refractivity contribution is -0.133. The molecule has 1 aromatic heterocycles. The number of guanidine groups is 1. The average Bonchev–Trinajstić information content (AvgIpc) is 2.99. The first kappa shape index (κ1) is 20.2. The lowest BCUT2D eigenvalue weighted by Gasteiger charge is -2.43. The van der Waals surface area contributed by atoms with Crippen molar-refractivity contribution < 1.29 is 9.53 Å². The van der Waals surface area contributed by atoms with Crippen LogP contribution >= 0.6 is 0 Å². The minimum atomic E-state index is -1.13. The smallest absolute Gasteiger partial charge is 0.261 e. The molecule has 3 aromatic rings. The van der Waals surface area contributed by atoms with Crippen LogP contribution in [-0.2, 0) is 16.8 Å². The van der Waals surface area contributed by atoms with E-state index in [1.165, 1.54) is 16.8 Å². The lowest BCUT2D eigenvalue weighted by Crippen LogP contribution is -2.51. The molecule has 1 amide bonds. The number of aliphatic imine (C=N–C) groups is 1. The van der Waals surface area contributed by atoms with E-state index in [4.69, 9.17) is 15.5 Å². The van der Waals surface area contributed by atoms with Crippen LogP contribution in [0.5, 0.6) is 5.75 Å². The average molecular weight is 428 g/mol. The Morgan fingerprint density at radius 1 is 1.09 bits per heavy atom. The summed E-state index contributed by atoms with van der Waals surface area (Å²) in [5.41, 5.74) is 9.19. The monoisotopic (exact) mass is 427 g/mol. The molecule has 2 atom stereocenters. The molecule has 0 saturated carbocycles. The second-order valence-electron chi connectivity index (χ2n) is 8.92. The molecule has 2 aromatic carbocycles. The molecule has 0 radical (unpaired) electrons. The fourth-order valence-corrected chi connectivity index (χ4v) is 4.73. The summed E-state index contributed by atoms with van der Waals surface area (Å²) in [5.74, 6) is 0.719. The maximum absolute atomic E-state index is 13.5. The van der Waals surface area contributed by atoms with Gasteiger partial charge in [-0.25, -0.2) is 15.0 Å². The maximum Gasteiger partial charge on any atom is 0.261 e. The highest BCUT2D eigenvalue weighted by atomic mass is 16.5.